The molecule has 2 aromatic rings. The highest BCUT2D eigenvalue weighted by Crippen LogP contribution is 2.50. The molecule has 0 saturated heterocycles. The van der Waals surface area contributed by atoms with Crippen molar-refractivity contribution in [3.63, 3.8) is 0 Å². The average molecular weight is 306 g/mol. The first-order valence-electron chi connectivity index (χ1n) is 7.91. The smallest absolute Gasteiger partial charge is 0.269 e. The summed E-state index contributed by atoms with van der Waals surface area (Å²) < 4.78 is 0. The normalized spacial score (nSPS) is 24.7. The van der Waals surface area contributed by atoms with Crippen molar-refractivity contribution in [2.45, 2.75) is 25.3 Å². The van der Waals surface area contributed by atoms with E-state index in [1.807, 2.05) is 6.07 Å². The van der Waals surface area contributed by atoms with E-state index in [2.05, 4.69) is 48.7 Å². The molecule has 4 nitrogen and oxygen atoms in total. The summed E-state index contributed by atoms with van der Waals surface area (Å²) in [6.45, 7) is 2.10. The fourth-order valence-corrected chi connectivity index (χ4v) is 3.89. The molecule has 4 heteroatoms. The molecule has 3 unspecified atom stereocenters. The van der Waals surface area contributed by atoms with Crippen LogP contribution in [0, 0.1) is 23.0 Å². The first-order chi connectivity index (χ1) is 11.1. The summed E-state index contributed by atoms with van der Waals surface area (Å²) in [6, 6.07) is 14.0. The van der Waals surface area contributed by atoms with Crippen LogP contribution in [0.4, 0.5) is 11.4 Å². The van der Waals surface area contributed by atoms with Crippen molar-refractivity contribution in [1.82, 2.24) is 0 Å². The SMILES string of the molecule is Cc1cccc(C2Nc3ccc([N+](=O)[O-])cc3C3CC=CC32)c1. The van der Waals surface area contributed by atoms with Crippen LogP contribution in [0.3, 0.4) is 0 Å². The number of anilines is 1. The predicted octanol–water partition coefficient (Wildman–Crippen LogP) is 4.73. The van der Waals surface area contributed by atoms with Gasteiger partial charge in [-0.3, -0.25) is 10.1 Å². The molecule has 1 N–H and O–H groups in total. The van der Waals surface area contributed by atoms with E-state index in [-0.39, 0.29) is 16.7 Å². The third-order valence-corrected chi connectivity index (χ3v) is 4.96. The van der Waals surface area contributed by atoms with E-state index >= 15 is 0 Å². The minimum absolute atomic E-state index is 0.171. The Bertz CT molecular complexity index is 813. The molecular formula is C19H18N2O2. The van der Waals surface area contributed by atoms with Gasteiger partial charge in [-0.05, 0) is 36.5 Å². The lowest BCUT2D eigenvalue weighted by atomic mass is 9.77. The van der Waals surface area contributed by atoms with E-state index < -0.39 is 0 Å². The number of nitrogens with one attached hydrogen (secondary N) is 1. The number of non-ortho nitro benzene ring substituents is 1. The molecule has 0 aromatic heterocycles. The summed E-state index contributed by atoms with van der Waals surface area (Å²) in [5.74, 6) is 0.656. The number of hydrogen-bond acceptors (Lipinski definition) is 3. The lowest BCUT2D eigenvalue weighted by molar-refractivity contribution is -0.384. The van der Waals surface area contributed by atoms with Crippen LogP contribution in [0.25, 0.3) is 0 Å². The van der Waals surface area contributed by atoms with Crippen molar-refractivity contribution in [2.24, 2.45) is 5.92 Å². The van der Waals surface area contributed by atoms with E-state index in [9.17, 15) is 10.1 Å². The molecular weight excluding hydrogens is 288 g/mol. The lowest BCUT2D eigenvalue weighted by Crippen LogP contribution is -2.28. The molecule has 2 aliphatic rings. The number of allylic oxidation sites excluding steroid dienone is 1. The Morgan fingerprint density at radius 3 is 2.87 bits per heavy atom. The molecule has 23 heavy (non-hydrogen) atoms. The third-order valence-electron chi connectivity index (χ3n) is 4.96. The summed E-state index contributed by atoms with van der Waals surface area (Å²) in [5, 5.41) is 14.7. The molecule has 0 amide bonds. The zero-order valence-electron chi connectivity index (χ0n) is 12.9. The van der Waals surface area contributed by atoms with Crippen LogP contribution in [0.15, 0.2) is 54.6 Å². The number of nitro groups is 1. The summed E-state index contributed by atoms with van der Waals surface area (Å²) in [6.07, 6.45) is 5.41. The number of fused-ring (bicyclic) bond motifs is 3. The van der Waals surface area contributed by atoms with Gasteiger partial charge in [-0.25, -0.2) is 0 Å². The quantitative estimate of drug-likeness (QED) is 0.496. The highest BCUT2D eigenvalue weighted by atomic mass is 16.6. The second kappa shape index (κ2) is 5.23. The molecule has 0 bridgehead atoms. The Hall–Kier alpha value is -2.62. The molecule has 4 rings (SSSR count). The van der Waals surface area contributed by atoms with Crippen molar-refractivity contribution in [3.05, 3.63) is 81.4 Å². The molecule has 2 aromatic carbocycles. The van der Waals surface area contributed by atoms with E-state index in [0.29, 0.717) is 11.8 Å². The highest BCUT2D eigenvalue weighted by Gasteiger charge is 2.38. The molecule has 0 saturated carbocycles. The van der Waals surface area contributed by atoms with Crippen molar-refractivity contribution in [2.75, 3.05) is 5.32 Å². The average Bonchev–Trinajstić information content (AvgIpc) is 3.03. The van der Waals surface area contributed by atoms with Gasteiger partial charge < -0.3 is 5.32 Å². The van der Waals surface area contributed by atoms with Crippen molar-refractivity contribution in [3.8, 4) is 0 Å². The zero-order valence-corrected chi connectivity index (χ0v) is 12.9. The topological polar surface area (TPSA) is 55.2 Å². The largest absolute Gasteiger partial charge is 0.377 e. The molecule has 116 valence electrons. The fourth-order valence-electron chi connectivity index (χ4n) is 3.89. The first-order valence-corrected chi connectivity index (χ1v) is 7.91. The molecule has 1 heterocycles. The van der Waals surface area contributed by atoms with Crippen molar-refractivity contribution >= 4 is 11.4 Å². The minimum atomic E-state index is -0.315. The second-order valence-corrected chi connectivity index (χ2v) is 6.41. The number of nitro benzene ring substituents is 1. The van der Waals surface area contributed by atoms with Gasteiger partial charge in [0, 0.05) is 23.7 Å². The maximum Gasteiger partial charge on any atom is 0.269 e. The maximum atomic E-state index is 11.1. The monoisotopic (exact) mass is 306 g/mol. The van der Waals surface area contributed by atoms with E-state index in [0.717, 1.165) is 17.7 Å². The summed E-state index contributed by atoms with van der Waals surface area (Å²) in [4.78, 5) is 10.8. The Morgan fingerprint density at radius 2 is 2.09 bits per heavy atom. The van der Waals surface area contributed by atoms with Gasteiger partial charge in [-0.2, -0.15) is 0 Å². The van der Waals surface area contributed by atoms with E-state index in [4.69, 9.17) is 0 Å². The minimum Gasteiger partial charge on any atom is -0.377 e. The third kappa shape index (κ3) is 2.31. The van der Waals surface area contributed by atoms with Crippen LogP contribution >= 0.6 is 0 Å². The Kier molecular flexibility index (Phi) is 3.18. The number of hydrogen-bond donors (Lipinski definition) is 1. The van der Waals surface area contributed by atoms with Crippen LogP contribution in [0.2, 0.25) is 0 Å². The Labute approximate surface area is 135 Å². The predicted molar refractivity (Wildman–Crippen MR) is 90.6 cm³/mol. The molecule has 1 aliphatic heterocycles. The van der Waals surface area contributed by atoms with Gasteiger partial charge in [0.2, 0.25) is 0 Å². The van der Waals surface area contributed by atoms with Crippen molar-refractivity contribution < 1.29 is 4.92 Å². The fraction of sp³-hybridized carbons (Fsp3) is 0.263. The number of aryl methyl sites for hydroxylation is 1. The van der Waals surface area contributed by atoms with Gasteiger partial charge >= 0.3 is 0 Å². The summed E-state index contributed by atoms with van der Waals surface area (Å²) in [7, 11) is 0. The van der Waals surface area contributed by atoms with E-state index in [1.165, 1.54) is 11.1 Å². The van der Waals surface area contributed by atoms with Crippen LogP contribution in [-0.4, -0.2) is 4.92 Å². The maximum absolute atomic E-state index is 11.1. The van der Waals surface area contributed by atoms with Gasteiger partial charge in [-0.1, -0.05) is 42.0 Å². The van der Waals surface area contributed by atoms with Crippen molar-refractivity contribution in [1.29, 1.82) is 0 Å². The summed E-state index contributed by atoms with van der Waals surface area (Å²) >= 11 is 0. The van der Waals surface area contributed by atoms with Gasteiger partial charge in [0.25, 0.3) is 5.69 Å². The van der Waals surface area contributed by atoms with Crippen LogP contribution in [0.5, 0.6) is 0 Å². The van der Waals surface area contributed by atoms with E-state index in [1.54, 1.807) is 12.1 Å². The van der Waals surface area contributed by atoms with Gasteiger partial charge in [-0.15, -0.1) is 0 Å². The summed E-state index contributed by atoms with van der Waals surface area (Å²) in [5.41, 5.74) is 4.78. The van der Waals surface area contributed by atoms with Gasteiger partial charge in [0.05, 0.1) is 11.0 Å². The van der Waals surface area contributed by atoms with Gasteiger partial charge in [0.15, 0.2) is 0 Å². The van der Waals surface area contributed by atoms with Gasteiger partial charge in [0.1, 0.15) is 0 Å². The number of nitrogens with zero attached hydrogens (tertiary/aromatic N) is 1. The molecule has 0 radical (unpaired) electrons. The standard InChI is InChI=1S/C19H18N2O2/c1-12-4-2-5-13(10-12)19-16-7-3-6-15(16)17-11-14(21(22)23)8-9-18(17)20-19/h2-5,7-11,15-16,19-20H,6H2,1H3. The number of benzene rings is 2. The molecule has 0 fully saturated rings. The molecule has 1 aliphatic carbocycles. The Balaban J connectivity index is 1.79. The zero-order chi connectivity index (χ0) is 16.0. The van der Waals surface area contributed by atoms with Crippen LogP contribution < -0.4 is 5.32 Å². The Morgan fingerprint density at radius 1 is 1.22 bits per heavy atom. The molecule has 3 atom stereocenters. The molecule has 0 spiro atoms. The first kappa shape index (κ1) is 14.0. The number of rotatable bonds is 2. The highest BCUT2D eigenvalue weighted by molar-refractivity contribution is 5.62. The van der Waals surface area contributed by atoms with Crippen LogP contribution in [0.1, 0.15) is 35.1 Å². The second-order valence-electron chi connectivity index (χ2n) is 6.41. The lowest BCUT2D eigenvalue weighted by Gasteiger charge is -2.37. The van der Waals surface area contributed by atoms with Crippen LogP contribution in [-0.2, 0) is 0 Å².